The summed E-state index contributed by atoms with van der Waals surface area (Å²) in [5.74, 6) is -0.255. The van der Waals surface area contributed by atoms with Crippen molar-refractivity contribution in [2.75, 3.05) is 0 Å². The summed E-state index contributed by atoms with van der Waals surface area (Å²) in [4.78, 5) is 27.0. The van der Waals surface area contributed by atoms with E-state index in [2.05, 4.69) is 10.1 Å². The lowest BCUT2D eigenvalue weighted by molar-refractivity contribution is -0.384. The highest BCUT2D eigenvalue weighted by atomic mass is 16.6. The summed E-state index contributed by atoms with van der Waals surface area (Å²) in [6, 6.07) is 18.9. The molecule has 0 bridgehead atoms. The van der Waals surface area contributed by atoms with E-state index >= 15 is 0 Å². The molecular weight excluding hydrogens is 380 g/mol. The first-order valence-electron chi connectivity index (χ1n) is 9.14. The van der Waals surface area contributed by atoms with Crippen LogP contribution in [0.15, 0.2) is 91.4 Å². The Labute approximate surface area is 172 Å². The number of ketones is 1. The summed E-state index contributed by atoms with van der Waals surface area (Å²) in [6.45, 7) is 0. The van der Waals surface area contributed by atoms with Gasteiger partial charge in [0, 0.05) is 47.4 Å². The number of hydrogen-bond acceptors (Lipinski definition) is 5. The number of rotatable bonds is 6. The van der Waals surface area contributed by atoms with Gasteiger partial charge in [0.1, 0.15) is 5.69 Å². The second kappa shape index (κ2) is 8.32. The number of carbonyl (C=O) groups excluding carboxylic acids is 1. The molecule has 0 amide bonds. The fourth-order valence-corrected chi connectivity index (χ4v) is 2.96. The predicted molar refractivity (Wildman–Crippen MR) is 113 cm³/mol. The quantitative estimate of drug-likeness (QED) is 0.203. The molecule has 0 fully saturated rings. The highest BCUT2D eigenvalue weighted by Gasteiger charge is 2.12. The maximum atomic E-state index is 12.5. The van der Waals surface area contributed by atoms with Crippen molar-refractivity contribution >= 4 is 17.5 Å². The van der Waals surface area contributed by atoms with E-state index in [0.717, 1.165) is 16.8 Å². The summed E-state index contributed by atoms with van der Waals surface area (Å²) in [6.07, 6.45) is 8.38. The molecule has 2 aromatic heterocycles. The van der Waals surface area contributed by atoms with E-state index in [1.807, 2.05) is 48.7 Å². The summed E-state index contributed by atoms with van der Waals surface area (Å²) >= 11 is 0. The van der Waals surface area contributed by atoms with Crippen LogP contribution in [0.4, 0.5) is 5.69 Å². The van der Waals surface area contributed by atoms with Crippen LogP contribution in [0.5, 0.6) is 0 Å². The molecule has 30 heavy (non-hydrogen) atoms. The van der Waals surface area contributed by atoms with Gasteiger partial charge in [-0.2, -0.15) is 5.10 Å². The van der Waals surface area contributed by atoms with Crippen molar-refractivity contribution in [3.8, 4) is 16.9 Å². The zero-order valence-corrected chi connectivity index (χ0v) is 15.8. The van der Waals surface area contributed by atoms with Crippen molar-refractivity contribution < 1.29 is 9.72 Å². The molecule has 2 heterocycles. The van der Waals surface area contributed by atoms with Crippen molar-refractivity contribution in [2.45, 2.75) is 0 Å². The van der Waals surface area contributed by atoms with E-state index in [1.54, 1.807) is 23.2 Å². The predicted octanol–water partition coefficient (Wildman–Crippen LogP) is 4.74. The zero-order valence-electron chi connectivity index (χ0n) is 15.8. The molecular formula is C23H16N4O3. The van der Waals surface area contributed by atoms with Crippen LogP contribution >= 0.6 is 0 Å². The minimum atomic E-state index is -0.498. The van der Waals surface area contributed by atoms with Gasteiger partial charge in [-0.15, -0.1) is 0 Å². The van der Waals surface area contributed by atoms with Gasteiger partial charge in [0.15, 0.2) is 5.78 Å². The van der Waals surface area contributed by atoms with Gasteiger partial charge < -0.3 is 0 Å². The number of allylic oxidation sites excluding steroid dienone is 1. The number of para-hydroxylation sites is 1. The maximum absolute atomic E-state index is 12.5. The summed E-state index contributed by atoms with van der Waals surface area (Å²) < 4.78 is 1.75. The Morgan fingerprint density at radius 1 is 1.00 bits per heavy atom. The maximum Gasteiger partial charge on any atom is 0.269 e. The van der Waals surface area contributed by atoms with Gasteiger partial charge in [0.2, 0.25) is 0 Å². The van der Waals surface area contributed by atoms with Crippen molar-refractivity contribution in [1.82, 2.24) is 14.8 Å². The molecule has 0 aliphatic carbocycles. The molecule has 0 spiro atoms. The normalized spacial score (nSPS) is 10.9. The summed E-state index contributed by atoms with van der Waals surface area (Å²) in [5.41, 5.74) is 3.48. The Morgan fingerprint density at radius 3 is 2.43 bits per heavy atom. The topological polar surface area (TPSA) is 90.9 Å². The Bertz CT molecular complexity index is 1210. The third-order valence-corrected chi connectivity index (χ3v) is 4.48. The number of hydrogen-bond donors (Lipinski definition) is 0. The van der Waals surface area contributed by atoms with Gasteiger partial charge in [-0.05, 0) is 48.6 Å². The fraction of sp³-hybridized carbons (Fsp3) is 0. The van der Waals surface area contributed by atoms with Crippen LogP contribution in [0.3, 0.4) is 0 Å². The number of carbonyl (C=O) groups is 1. The molecule has 0 aliphatic heterocycles. The molecule has 4 rings (SSSR count). The van der Waals surface area contributed by atoms with E-state index in [-0.39, 0.29) is 11.5 Å². The standard InChI is InChI=1S/C23H16N4O3/c28-22(17-8-11-21(12-9-17)27(29)30)13-10-19-16-26(20-6-2-1-3-7-20)25-23(19)18-5-4-14-24-15-18/h1-16H/b13-10+. The molecule has 0 atom stereocenters. The number of nitro groups is 1. The van der Waals surface area contributed by atoms with E-state index in [1.165, 1.54) is 30.3 Å². The molecule has 146 valence electrons. The van der Waals surface area contributed by atoms with Crippen LogP contribution in [0.25, 0.3) is 23.0 Å². The molecule has 7 nitrogen and oxygen atoms in total. The van der Waals surface area contributed by atoms with Crippen LogP contribution in [0, 0.1) is 10.1 Å². The van der Waals surface area contributed by atoms with E-state index in [4.69, 9.17) is 0 Å². The molecule has 0 aliphatic rings. The molecule has 4 aromatic rings. The highest BCUT2D eigenvalue weighted by Crippen LogP contribution is 2.24. The molecule has 2 aromatic carbocycles. The lowest BCUT2D eigenvalue weighted by Gasteiger charge is -2.00. The van der Waals surface area contributed by atoms with Crippen molar-refractivity contribution in [3.63, 3.8) is 0 Å². The van der Waals surface area contributed by atoms with Crippen molar-refractivity contribution in [3.05, 3.63) is 113 Å². The summed E-state index contributed by atoms with van der Waals surface area (Å²) in [5, 5.41) is 15.4. The van der Waals surface area contributed by atoms with Crippen molar-refractivity contribution in [1.29, 1.82) is 0 Å². The van der Waals surface area contributed by atoms with Crippen LogP contribution in [0.1, 0.15) is 15.9 Å². The van der Waals surface area contributed by atoms with Gasteiger partial charge in [-0.25, -0.2) is 4.68 Å². The number of non-ortho nitro benzene ring substituents is 1. The van der Waals surface area contributed by atoms with Crippen LogP contribution in [0.2, 0.25) is 0 Å². The number of benzene rings is 2. The summed E-state index contributed by atoms with van der Waals surface area (Å²) in [7, 11) is 0. The molecule has 7 heteroatoms. The number of nitro benzene ring substituents is 1. The van der Waals surface area contributed by atoms with Crippen LogP contribution < -0.4 is 0 Å². The van der Waals surface area contributed by atoms with Gasteiger partial charge >= 0.3 is 0 Å². The van der Waals surface area contributed by atoms with Crippen LogP contribution in [-0.2, 0) is 0 Å². The largest absolute Gasteiger partial charge is 0.289 e. The number of pyridine rings is 1. The lowest BCUT2D eigenvalue weighted by Crippen LogP contribution is -1.95. The molecule has 0 radical (unpaired) electrons. The average molecular weight is 396 g/mol. The van der Waals surface area contributed by atoms with Gasteiger partial charge in [0.25, 0.3) is 5.69 Å². The second-order valence-corrected chi connectivity index (χ2v) is 6.46. The van der Waals surface area contributed by atoms with Gasteiger partial charge in [-0.1, -0.05) is 18.2 Å². The third-order valence-electron chi connectivity index (χ3n) is 4.48. The monoisotopic (exact) mass is 396 g/mol. The van der Waals surface area contributed by atoms with Gasteiger partial charge in [0.05, 0.1) is 10.6 Å². The van der Waals surface area contributed by atoms with Crippen LogP contribution in [-0.4, -0.2) is 25.5 Å². The minimum absolute atomic E-state index is 0.0569. The Hall–Kier alpha value is -4.39. The molecule has 0 N–H and O–H groups in total. The second-order valence-electron chi connectivity index (χ2n) is 6.46. The Kier molecular flexibility index (Phi) is 5.25. The minimum Gasteiger partial charge on any atom is -0.289 e. The molecule has 0 saturated heterocycles. The first kappa shape index (κ1) is 18.9. The molecule has 0 saturated carbocycles. The first-order valence-corrected chi connectivity index (χ1v) is 9.14. The fourth-order valence-electron chi connectivity index (χ4n) is 2.96. The lowest BCUT2D eigenvalue weighted by atomic mass is 10.1. The Balaban J connectivity index is 1.67. The third kappa shape index (κ3) is 4.05. The van der Waals surface area contributed by atoms with Crippen molar-refractivity contribution in [2.24, 2.45) is 0 Å². The zero-order chi connectivity index (χ0) is 20.9. The average Bonchev–Trinajstić information content (AvgIpc) is 3.23. The highest BCUT2D eigenvalue weighted by molar-refractivity contribution is 6.07. The smallest absolute Gasteiger partial charge is 0.269 e. The number of aromatic nitrogens is 3. The first-order chi connectivity index (χ1) is 14.6. The van der Waals surface area contributed by atoms with E-state index < -0.39 is 4.92 Å². The Morgan fingerprint density at radius 2 is 1.77 bits per heavy atom. The number of nitrogens with zero attached hydrogens (tertiary/aromatic N) is 4. The van der Waals surface area contributed by atoms with E-state index in [0.29, 0.717) is 11.3 Å². The SMILES string of the molecule is O=C(/C=C/c1cn(-c2ccccc2)nc1-c1cccnc1)c1ccc([N+](=O)[O-])cc1. The van der Waals surface area contributed by atoms with E-state index in [9.17, 15) is 14.9 Å². The van der Waals surface area contributed by atoms with Gasteiger partial charge in [-0.3, -0.25) is 19.9 Å². The molecule has 0 unspecified atom stereocenters.